The summed E-state index contributed by atoms with van der Waals surface area (Å²) in [6.07, 6.45) is -1.51. The fourth-order valence-electron chi connectivity index (χ4n) is 2.21. The Kier molecular flexibility index (Phi) is 3.02. The number of rotatable bonds is 2. The molecule has 1 aliphatic heterocycles. The third-order valence-corrected chi connectivity index (χ3v) is 3.23. The summed E-state index contributed by atoms with van der Waals surface area (Å²) in [6.45, 7) is -0.247. The third-order valence-electron chi connectivity index (χ3n) is 3.23. The predicted octanol–water partition coefficient (Wildman–Crippen LogP) is -0.568. The number of aliphatic hydroxyl groups is 2. The van der Waals surface area contributed by atoms with Gasteiger partial charge in [0.2, 0.25) is 0 Å². The molecule has 1 aromatic heterocycles. The second kappa shape index (κ2) is 4.69. The minimum absolute atomic E-state index is 0.120. The smallest absolute Gasteiger partial charge is 0.178 e. The Labute approximate surface area is 108 Å². The van der Waals surface area contributed by atoms with Gasteiger partial charge in [-0.3, -0.25) is 4.79 Å². The molecule has 0 saturated carbocycles. The van der Waals surface area contributed by atoms with Gasteiger partial charge < -0.3 is 14.9 Å². The van der Waals surface area contributed by atoms with E-state index in [1.807, 2.05) is 0 Å². The molecule has 2 N–H and O–H groups in total. The van der Waals surface area contributed by atoms with E-state index in [1.54, 1.807) is 12.1 Å². The van der Waals surface area contributed by atoms with E-state index in [4.69, 9.17) is 9.84 Å². The molecule has 3 rings (SSSR count). The SMILES string of the molecule is O=c1ccc2nnn([C@H]3C[C@H](O)[C@@H](CO)O3)c2cc1. The largest absolute Gasteiger partial charge is 0.394 e. The minimum atomic E-state index is -0.734. The van der Waals surface area contributed by atoms with E-state index < -0.39 is 18.4 Å². The zero-order valence-corrected chi connectivity index (χ0v) is 10.0. The lowest BCUT2D eigenvalue weighted by molar-refractivity contribution is -0.0474. The lowest BCUT2D eigenvalue weighted by Gasteiger charge is -2.12. The third kappa shape index (κ3) is 2.12. The van der Waals surface area contributed by atoms with Crippen LogP contribution in [0.1, 0.15) is 12.6 Å². The van der Waals surface area contributed by atoms with Crippen molar-refractivity contribution >= 4 is 11.0 Å². The van der Waals surface area contributed by atoms with Crippen molar-refractivity contribution in [3.05, 3.63) is 34.5 Å². The zero-order chi connectivity index (χ0) is 13.4. The van der Waals surface area contributed by atoms with E-state index in [0.717, 1.165) is 0 Å². The number of hydrogen-bond acceptors (Lipinski definition) is 6. The number of hydrogen-bond donors (Lipinski definition) is 2. The van der Waals surface area contributed by atoms with E-state index in [0.29, 0.717) is 17.5 Å². The Morgan fingerprint density at radius 1 is 1.37 bits per heavy atom. The van der Waals surface area contributed by atoms with Crippen LogP contribution in [0, 0.1) is 0 Å². The summed E-state index contributed by atoms with van der Waals surface area (Å²) in [6, 6.07) is 6.06. The molecule has 7 heteroatoms. The molecular weight excluding hydrogens is 250 g/mol. The van der Waals surface area contributed by atoms with E-state index >= 15 is 0 Å². The molecule has 100 valence electrons. The zero-order valence-electron chi connectivity index (χ0n) is 10.0. The average molecular weight is 263 g/mol. The van der Waals surface area contributed by atoms with Crippen molar-refractivity contribution in [2.75, 3.05) is 6.61 Å². The molecule has 0 aliphatic carbocycles. The summed E-state index contributed by atoms with van der Waals surface area (Å²) in [5, 5.41) is 26.8. The second-order valence-corrected chi connectivity index (χ2v) is 4.49. The highest BCUT2D eigenvalue weighted by molar-refractivity contribution is 5.73. The van der Waals surface area contributed by atoms with Crippen LogP contribution < -0.4 is 5.43 Å². The van der Waals surface area contributed by atoms with Crippen molar-refractivity contribution in [3.8, 4) is 0 Å². The molecule has 0 bridgehead atoms. The summed E-state index contributed by atoms with van der Waals surface area (Å²) < 4.78 is 7.04. The van der Waals surface area contributed by atoms with Crippen molar-refractivity contribution in [1.82, 2.24) is 15.0 Å². The molecule has 1 fully saturated rings. The average Bonchev–Trinajstić information content (AvgIpc) is 2.92. The number of aromatic nitrogens is 3. The molecule has 0 amide bonds. The van der Waals surface area contributed by atoms with Crippen molar-refractivity contribution in [1.29, 1.82) is 0 Å². The molecule has 1 aromatic carbocycles. The van der Waals surface area contributed by atoms with E-state index in [1.165, 1.54) is 16.8 Å². The van der Waals surface area contributed by atoms with Crippen LogP contribution in [-0.4, -0.2) is 44.0 Å². The first-order valence-electron chi connectivity index (χ1n) is 5.98. The summed E-state index contributed by atoms with van der Waals surface area (Å²) in [4.78, 5) is 11.3. The van der Waals surface area contributed by atoms with Gasteiger partial charge in [-0.1, -0.05) is 5.21 Å². The standard InChI is InChI=1S/C12H13N3O4/c16-6-11-10(18)5-12(19-11)15-9-4-2-7(17)1-3-8(9)13-14-15/h1-4,10-12,16,18H,5-6H2/t10-,11+,12+/m0/s1. The highest BCUT2D eigenvalue weighted by Crippen LogP contribution is 2.29. The first-order chi connectivity index (χ1) is 9.19. The summed E-state index contributed by atoms with van der Waals surface area (Å²) in [7, 11) is 0. The van der Waals surface area contributed by atoms with Gasteiger partial charge in [-0.15, -0.1) is 5.10 Å². The first-order valence-corrected chi connectivity index (χ1v) is 5.98. The van der Waals surface area contributed by atoms with Gasteiger partial charge in [0.25, 0.3) is 0 Å². The van der Waals surface area contributed by atoms with Gasteiger partial charge in [-0.05, 0) is 24.3 Å². The maximum atomic E-state index is 11.3. The molecule has 0 radical (unpaired) electrons. The quantitative estimate of drug-likeness (QED) is 0.753. The fraction of sp³-hybridized carbons (Fsp3) is 0.417. The molecule has 1 aliphatic rings. The number of nitrogens with zero attached hydrogens (tertiary/aromatic N) is 3. The molecule has 7 nitrogen and oxygen atoms in total. The summed E-state index contributed by atoms with van der Waals surface area (Å²) in [5.74, 6) is 0. The first kappa shape index (κ1) is 12.2. The van der Waals surface area contributed by atoms with Gasteiger partial charge in [0.05, 0.1) is 18.2 Å². The van der Waals surface area contributed by atoms with Crippen LogP contribution in [-0.2, 0) is 4.74 Å². The Hall–Kier alpha value is -1.83. The Morgan fingerprint density at radius 2 is 2.16 bits per heavy atom. The van der Waals surface area contributed by atoms with Crippen LogP contribution in [0.25, 0.3) is 11.0 Å². The van der Waals surface area contributed by atoms with Gasteiger partial charge in [0, 0.05) is 6.42 Å². The molecule has 19 heavy (non-hydrogen) atoms. The van der Waals surface area contributed by atoms with Gasteiger partial charge >= 0.3 is 0 Å². The van der Waals surface area contributed by atoms with Crippen molar-refractivity contribution in [3.63, 3.8) is 0 Å². The number of aliphatic hydroxyl groups excluding tert-OH is 2. The van der Waals surface area contributed by atoms with Crippen LogP contribution in [0.5, 0.6) is 0 Å². The summed E-state index contributed by atoms with van der Waals surface area (Å²) >= 11 is 0. The van der Waals surface area contributed by atoms with E-state index in [2.05, 4.69) is 10.3 Å². The molecule has 2 aromatic rings. The van der Waals surface area contributed by atoms with Gasteiger partial charge in [-0.2, -0.15) is 0 Å². The van der Waals surface area contributed by atoms with Crippen molar-refractivity contribution < 1.29 is 14.9 Å². The lowest BCUT2D eigenvalue weighted by atomic mass is 10.2. The molecule has 0 spiro atoms. The van der Waals surface area contributed by atoms with Crippen LogP contribution in [0.3, 0.4) is 0 Å². The predicted molar refractivity (Wildman–Crippen MR) is 65.4 cm³/mol. The second-order valence-electron chi connectivity index (χ2n) is 4.49. The Balaban J connectivity index is 2.03. The van der Waals surface area contributed by atoms with Crippen LogP contribution >= 0.6 is 0 Å². The fourth-order valence-corrected chi connectivity index (χ4v) is 2.21. The molecular formula is C12H13N3O4. The van der Waals surface area contributed by atoms with Crippen LogP contribution in [0.4, 0.5) is 0 Å². The van der Waals surface area contributed by atoms with E-state index in [9.17, 15) is 9.90 Å². The lowest BCUT2D eigenvalue weighted by Crippen LogP contribution is -2.24. The maximum absolute atomic E-state index is 11.3. The molecule has 1 saturated heterocycles. The van der Waals surface area contributed by atoms with Gasteiger partial charge in [0.15, 0.2) is 11.7 Å². The highest BCUT2D eigenvalue weighted by Gasteiger charge is 2.35. The highest BCUT2D eigenvalue weighted by atomic mass is 16.5. The number of fused-ring (bicyclic) bond motifs is 1. The summed E-state index contributed by atoms with van der Waals surface area (Å²) in [5.41, 5.74) is 1.11. The van der Waals surface area contributed by atoms with Crippen molar-refractivity contribution in [2.45, 2.75) is 24.9 Å². The number of ether oxygens (including phenoxy) is 1. The molecule has 3 atom stereocenters. The maximum Gasteiger partial charge on any atom is 0.178 e. The Bertz CT molecular complexity index is 657. The van der Waals surface area contributed by atoms with E-state index in [-0.39, 0.29) is 12.0 Å². The monoisotopic (exact) mass is 263 g/mol. The van der Waals surface area contributed by atoms with Gasteiger partial charge in [0.1, 0.15) is 11.6 Å². The van der Waals surface area contributed by atoms with Crippen LogP contribution in [0.15, 0.2) is 29.1 Å². The topological polar surface area (TPSA) is 97.5 Å². The molecule has 0 unspecified atom stereocenters. The Morgan fingerprint density at radius 3 is 2.89 bits per heavy atom. The van der Waals surface area contributed by atoms with Gasteiger partial charge in [-0.25, -0.2) is 4.68 Å². The van der Waals surface area contributed by atoms with Crippen LogP contribution in [0.2, 0.25) is 0 Å². The van der Waals surface area contributed by atoms with Crippen molar-refractivity contribution in [2.24, 2.45) is 0 Å². The minimum Gasteiger partial charge on any atom is -0.394 e. The normalized spacial score (nSPS) is 26.9. The molecule has 2 heterocycles.